The highest BCUT2D eigenvalue weighted by Crippen LogP contribution is 2.23. The molecule has 0 saturated carbocycles. The van der Waals surface area contributed by atoms with Crippen LogP contribution in [-0.2, 0) is 4.79 Å². The van der Waals surface area contributed by atoms with Gasteiger partial charge in [0.05, 0.1) is 6.04 Å². The van der Waals surface area contributed by atoms with Crippen LogP contribution in [-0.4, -0.2) is 11.9 Å². The van der Waals surface area contributed by atoms with Gasteiger partial charge in [-0.05, 0) is 37.6 Å². The molecule has 6 heteroatoms. The number of nitrogens with one attached hydrogen (secondary N) is 2. The maximum absolute atomic E-state index is 13.6. The van der Waals surface area contributed by atoms with Crippen molar-refractivity contribution in [1.82, 2.24) is 5.32 Å². The lowest BCUT2D eigenvalue weighted by Gasteiger charge is -2.21. The summed E-state index contributed by atoms with van der Waals surface area (Å²) in [6.07, 6.45) is 0. The van der Waals surface area contributed by atoms with Gasteiger partial charge in [0.2, 0.25) is 5.91 Å². The van der Waals surface area contributed by atoms with Gasteiger partial charge < -0.3 is 5.32 Å². The topological polar surface area (TPSA) is 41.1 Å². The Kier molecular flexibility index (Phi) is 5.85. The zero-order chi connectivity index (χ0) is 17.0. The highest BCUT2D eigenvalue weighted by Gasteiger charge is 2.20. The van der Waals surface area contributed by atoms with E-state index in [1.54, 1.807) is 6.92 Å². The van der Waals surface area contributed by atoms with Crippen molar-refractivity contribution in [3.05, 3.63) is 64.1 Å². The number of hydrogen-bond acceptors (Lipinski definition) is 2. The number of amides is 1. The zero-order valence-corrected chi connectivity index (χ0v) is 14.3. The maximum atomic E-state index is 13.6. The first-order valence-corrected chi connectivity index (χ1v) is 7.94. The summed E-state index contributed by atoms with van der Waals surface area (Å²) in [5.41, 5.74) is 0.559. The highest BCUT2D eigenvalue weighted by molar-refractivity contribution is 9.10. The summed E-state index contributed by atoms with van der Waals surface area (Å²) >= 11 is 3.46. The molecule has 122 valence electrons. The second-order valence-corrected chi connectivity index (χ2v) is 6.07. The van der Waals surface area contributed by atoms with E-state index in [-0.39, 0.29) is 6.04 Å². The van der Waals surface area contributed by atoms with E-state index in [0.717, 1.165) is 22.2 Å². The van der Waals surface area contributed by atoms with Gasteiger partial charge in [-0.3, -0.25) is 10.1 Å². The minimum absolute atomic E-state index is 0.114. The predicted molar refractivity (Wildman–Crippen MR) is 90.1 cm³/mol. The van der Waals surface area contributed by atoms with Crippen LogP contribution < -0.4 is 10.6 Å². The van der Waals surface area contributed by atoms with Crippen molar-refractivity contribution in [1.29, 1.82) is 0 Å². The van der Waals surface area contributed by atoms with Crippen LogP contribution in [0.2, 0.25) is 0 Å². The fourth-order valence-electron chi connectivity index (χ4n) is 2.22. The second-order valence-electron chi connectivity index (χ2n) is 5.22. The molecule has 2 unspecified atom stereocenters. The van der Waals surface area contributed by atoms with E-state index in [0.29, 0.717) is 0 Å². The number of halogens is 3. The van der Waals surface area contributed by atoms with Gasteiger partial charge in [0.15, 0.2) is 0 Å². The quantitative estimate of drug-likeness (QED) is 0.804. The number of para-hydroxylation sites is 1. The number of rotatable bonds is 5. The van der Waals surface area contributed by atoms with E-state index in [1.165, 1.54) is 6.07 Å². The normalized spacial score (nSPS) is 13.4. The van der Waals surface area contributed by atoms with Gasteiger partial charge in [0.25, 0.3) is 0 Å². The molecule has 2 aromatic rings. The molecule has 2 N–H and O–H groups in total. The zero-order valence-electron chi connectivity index (χ0n) is 12.7. The van der Waals surface area contributed by atoms with Crippen molar-refractivity contribution in [2.24, 2.45) is 0 Å². The largest absolute Gasteiger partial charge is 0.320 e. The fraction of sp³-hybridized carbons (Fsp3) is 0.235. The number of hydrogen-bond donors (Lipinski definition) is 2. The molecule has 23 heavy (non-hydrogen) atoms. The molecule has 0 aliphatic heterocycles. The lowest BCUT2D eigenvalue weighted by molar-refractivity contribution is -0.118. The Morgan fingerprint density at radius 2 is 1.65 bits per heavy atom. The SMILES string of the molecule is CC(NC(C)c1ccccc1Br)C(=O)Nc1c(F)cccc1F. The molecule has 2 aromatic carbocycles. The Morgan fingerprint density at radius 1 is 1.04 bits per heavy atom. The van der Waals surface area contributed by atoms with E-state index >= 15 is 0 Å². The summed E-state index contributed by atoms with van der Waals surface area (Å²) in [5, 5.41) is 5.40. The summed E-state index contributed by atoms with van der Waals surface area (Å²) in [7, 11) is 0. The van der Waals surface area contributed by atoms with E-state index in [9.17, 15) is 13.6 Å². The van der Waals surface area contributed by atoms with Gasteiger partial charge in [0.1, 0.15) is 17.3 Å². The van der Waals surface area contributed by atoms with Gasteiger partial charge in [-0.15, -0.1) is 0 Å². The van der Waals surface area contributed by atoms with Gasteiger partial charge in [-0.1, -0.05) is 40.2 Å². The molecule has 2 atom stereocenters. The summed E-state index contributed by atoms with van der Waals surface area (Å²) in [6.45, 7) is 3.55. The first kappa shape index (κ1) is 17.6. The molecule has 0 aliphatic carbocycles. The molecule has 1 amide bonds. The number of carbonyl (C=O) groups excluding carboxylic acids is 1. The molecule has 0 saturated heterocycles. The standard InChI is InChI=1S/C17H17BrF2N2O/c1-10(12-6-3-4-7-13(12)18)21-11(2)17(23)22-16-14(19)8-5-9-15(16)20/h3-11,21H,1-2H3,(H,22,23). The molecule has 0 bridgehead atoms. The smallest absolute Gasteiger partial charge is 0.241 e. The molecule has 3 nitrogen and oxygen atoms in total. The highest BCUT2D eigenvalue weighted by atomic mass is 79.9. The van der Waals surface area contributed by atoms with E-state index < -0.39 is 29.3 Å². The third kappa shape index (κ3) is 4.36. The Bertz CT molecular complexity index is 688. The van der Waals surface area contributed by atoms with Crippen LogP contribution in [0.5, 0.6) is 0 Å². The predicted octanol–water partition coefficient (Wildman–Crippen LogP) is 4.41. The summed E-state index contributed by atoms with van der Waals surface area (Å²) in [5.74, 6) is -2.11. The van der Waals surface area contributed by atoms with Gasteiger partial charge in [0, 0.05) is 10.5 Å². The van der Waals surface area contributed by atoms with Crippen LogP contribution in [0, 0.1) is 11.6 Å². The average molecular weight is 383 g/mol. The van der Waals surface area contributed by atoms with Crippen LogP contribution in [0.3, 0.4) is 0 Å². The molecular weight excluding hydrogens is 366 g/mol. The Hall–Kier alpha value is -1.79. The number of benzene rings is 2. The Morgan fingerprint density at radius 3 is 2.26 bits per heavy atom. The van der Waals surface area contributed by atoms with E-state index in [4.69, 9.17) is 0 Å². The van der Waals surface area contributed by atoms with E-state index in [2.05, 4.69) is 26.6 Å². The summed E-state index contributed by atoms with van der Waals surface area (Å²) < 4.78 is 28.1. The van der Waals surface area contributed by atoms with Gasteiger partial charge in [-0.2, -0.15) is 0 Å². The van der Waals surface area contributed by atoms with Crippen LogP contribution in [0.25, 0.3) is 0 Å². The molecule has 0 aromatic heterocycles. The van der Waals surface area contributed by atoms with Crippen LogP contribution in [0.4, 0.5) is 14.5 Å². The number of carbonyl (C=O) groups is 1. The minimum atomic E-state index is -0.801. The lowest BCUT2D eigenvalue weighted by Crippen LogP contribution is -2.39. The number of anilines is 1. The van der Waals surface area contributed by atoms with Gasteiger partial charge >= 0.3 is 0 Å². The van der Waals surface area contributed by atoms with Crippen LogP contribution in [0.1, 0.15) is 25.5 Å². The third-order valence-electron chi connectivity index (χ3n) is 3.48. The molecule has 0 fully saturated rings. The lowest BCUT2D eigenvalue weighted by atomic mass is 10.1. The van der Waals surface area contributed by atoms with Crippen LogP contribution in [0.15, 0.2) is 46.9 Å². The van der Waals surface area contributed by atoms with Crippen molar-refractivity contribution in [2.75, 3.05) is 5.32 Å². The average Bonchev–Trinajstić information content (AvgIpc) is 2.51. The molecule has 0 radical (unpaired) electrons. The van der Waals surface area contributed by atoms with Crippen molar-refractivity contribution < 1.29 is 13.6 Å². The Balaban J connectivity index is 2.04. The van der Waals surface area contributed by atoms with Crippen molar-refractivity contribution >= 4 is 27.5 Å². The molecule has 0 spiro atoms. The van der Waals surface area contributed by atoms with Crippen LogP contribution >= 0.6 is 15.9 Å². The summed E-state index contributed by atoms with van der Waals surface area (Å²) in [4.78, 5) is 12.1. The fourth-order valence-corrected chi connectivity index (χ4v) is 2.84. The van der Waals surface area contributed by atoms with E-state index in [1.807, 2.05) is 31.2 Å². The Labute approximate surface area is 142 Å². The van der Waals surface area contributed by atoms with Crippen molar-refractivity contribution in [3.63, 3.8) is 0 Å². The second kappa shape index (κ2) is 7.66. The van der Waals surface area contributed by atoms with Gasteiger partial charge in [-0.25, -0.2) is 8.78 Å². The monoisotopic (exact) mass is 382 g/mol. The molecule has 2 rings (SSSR count). The van der Waals surface area contributed by atoms with Crippen molar-refractivity contribution in [2.45, 2.75) is 25.9 Å². The van der Waals surface area contributed by atoms with Crippen molar-refractivity contribution in [3.8, 4) is 0 Å². The molecule has 0 heterocycles. The third-order valence-corrected chi connectivity index (χ3v) is 4.20. The maximum Gasteiger partial charge on any atom is 0.241 e. The summed E-state index contributed by atoms with van der Waals surface area (Å²) in [6, 6.07) is 10.3. The minimum Gasteiger partial charge on any atom is -0.320 e. The first-order chi connectivity index (χ1) is 10.9. The molecular formula is C17H17BrF2N2O. The first-order valence-electron chi connectivity index (χ1n) is 7.15. The molecule has 0 aliphatic rings.